The number of fused-ring (bicyclic) bond motifs is 3. The second-order valence-electron chi connectivity index (χ2n) is 7.28. The van der Waals surface area contributed by atoms with E-state index in [1.54, 1.807) is 11.3 Å². The number of nitrogens with zero attached hydrogens (tertiary/aromatic N) is 1. The molecule has 0 N–H and O–H groups in total. The Kier molecular flexibility index (Phi) is 3.41. The SMILES string of the molecule is CCCCN1C2=CC3=C(OC2(C)c2ccccc21)C(c1cccs1)C3=O. The van der Waals surface area contributed by atoms with Gasteiger partial charge in [0.2, 0.25) is 0 Å². The molecule has 0 saturated carbocycles. The molecule has 0 amide bonds. The van der Waals surface area contributed by atoms with E-state index in [9.17, 15) is 4.79 Å². The van der Waals surface area contributed by atoms with E-state index in [0.717, 1.165) is 41.3 Å². The largest absolute Gasteiger partial charge is 0.479 e. The van der Waals surface area contributed by atoms with E-state index in [4.69, 9.17) is 4.74 Å². The van der Waals surface area contributed by atoms with Crippen molar-refractivity contribution in [1.29, 1.82) is 0 Å². The first-order valence-corrected chi connectivity index (χ1v) is 10.1. The Morgan fingerprint density at radius 3 is 2.85 bits per heavy atom. The van der Waals surface area contributed by atoms with Gasteiger partial charge < -0.3 is 9.64 Å². The summed E-state index contributed by atoms with van der Waals surface area (Å²) in [7, 11) is 0. The van der Waals surface area contributed by atoms with Crippen molar-refractivity contribution < 1.29 is 9.53 Å². The number of para-hydroxylation sites is 1. The molecular formula is C22H21NO2S. The van der Waals surface area contributed by atoms with E-state index in [2.05, 4.69) is 49.1 Å². The fourth-order valence-corrected chi connectivity index (χ4v) is 5.14. The minimum Gasteiger partial charge on any atom is -0.479 e. The topological polar surface area (TPSA) is 29.5 Å². The highest BCUT2D eigenvalue weighted by atomic mass is 32.1. The van der Waals surface area contributed by atoms with Crippen LogP contribution < -0.4 is 4.90 Å². The van der Waals surface area contributed by atoms with Gasteiger partial charge in [0.1, 0.15) is 11.7 Å². The van der Waals surface area contributed by atoms with Gasteiger partial charge in [-0.1, -0.05) is 37.6 Å². The van der Waals surface area contributed by atoms with Crippen LogP contribution in [0.3, 0.4) is 0 Å². The van der Waals surface area contributed by atoms with Crippen LogP contribution in [0.1, 0.15) is 43.0 Å². The van der Waals surface area contributed by atoms with E-state index >= 15 is 0 Å². The average Bonchev–Trinajstić information content (AvgIpc) is 3.24. The third-order valence-electron chi connectivity index (χ3n) is 5.70. The zero-order chi connectivity index (χ0) is 17.9. The van der Waals surface area contributed by atoms with Crippen molar-refractivity contribution in [2.24, 2.45) is 0 Å². The molecule has 2 aromatic rings. The summed E-state index contributed by atoms with van der Waals surface area (Å²) in [5.74, 6) is 0.802. The number of carbonyl (C=O) groups excluding carboxylic acids is 1. The Labute approximate surface area is 157 Å². The molecule has 0 bridgehead atoms. The highest BCUT2D eigenvalue weighted by Crippen LogP contribution is 2.57. The maximum Gasteiger partial charge on any atom is 0.182 e. The van der Waals surface area contributed by atoms with Crippen molar-refractivity contribution in [3.8, 4) is 0 Å². The summed E-state index contributed by atoms with van der Waals surface area (Å²) in [6, 6.07) is 12.5. The van der Waals surface area contributed by atoms with Crippen LogP contribution in [0.5, 0.6) is 0 Å². The van der Waals surface area contributed by atoms with Crippen LogP contribution >= 0.6 is 11.3 Å². The van der Waals surface area contributed by atoms with Gasteiger partial charge in [-0.15, -0.1) is 11.3 Å². The second-order valence-corrected chi connectivity index (χ2v) is 8.26. The summed E-state index contributed by atoms with van der Waals surface area (Å²) >= 11 is 1.62. The standard InChI is InChI=1S/C22H21NO2S/c1-3-4-11-23-16-9-6-5-8-15(16)22(2)18(23)13-14-20(24)19(21(14)25-22)17-10-7-12-26-17/h5-10,12-13,19H,3-4,11H2,1-2H3. The van der Waals surface area contributed by atoms with Gasteiger partial charge in [0.15, 0.2) is 11.4 Å². The Bertz CT molecular complexity index is 956. The molecule has 2 unspecified atom stereocenters. The molecule has 26 heavy (non-hydrogen) atoms. The number of carbonyl (C=O) groups is 1. The highest BCUT2D eigenvalue weighted by Gasteiger charge is 2.54. The number of hydrogen-bond acceptors (Lipinski definition) is 4. The highest BCUT2D eigenvalue weighted by molar-refractivity contribution is 7.10. The summed E-state index contributed by atoms with van der Waals surface area (Å²) in [5.41, 5.74) is 3.74. The number of unbranched alkanes of at least 4 members (excludes halogenated alkanes) is 1. The van der Waals surface area contributed by atoms with E-state index in [0.29, 0.717) is 0 Å². The van der Waals surface area contributed by atoms with Gasteiger partial charge in [0.25, 0.3) is 0 Å². The molecule has 2 atom stereocenters. The van der Waals surface area contributed by atoms with Gasteiger partial charge in [-0.3, -0.25) is 4.79 Å². The maximum atomic E-state index is 12.8. The lowest BCUT2D eigenvalue weighted by Gasteiger charge is -2.42. The molecule has 132 valence electrons. The minimum atomic E-state index is -0.515. The second kappa shape index (κ2) is 5.58. The number of Topliss-reactive ketones (excluding diaryl/α,β-unsaturated/α-hetero) is 1. The Balaban J connectivity index is 1.61. The number of ether oxygens (including phenoxy) is 1. The molecule has 1 aromatic carbocycles. The van der Waals surface area contributed by atoms with Crippen molar-refractivity contribution in [3.05, 3.63) is 75.3 Å². The predicted molar refractivity (Wildman–Crippen MR) is 104 cm³/mol. The number of anilines is 1. The van der Waals surface area contributed by atoms with E-state index < -0.39 is 5.60 Å². The molecule has 5 rings (SSSR count). The molecular weight excluding hydrogens is 342 g/mol. The van der Waals surface area contributed by atoms with Gasteiger partial charge in [0.05, 0.1) is 11.3 Å². The van der Waals surface area contributed by atoms with Crippen LogP contribution in [-0.4, -0.2) is 12.3 Å². The number of thiophene rings is 1. The number of benzene rings is 1. The van der Waals surface area contributed by atoms with Gasteiger partial charge in [0, 0.05) is 22.7 Å². The Hall–Kier alpha value is -2.33. The zero-order valence-corrected chi connectivity index (χ0v) is 15.8. The van der Waals surface area contributed by atoms with Crippen molar-refractivity contribution in [2.45, 2.75) is 38.2 Å². The van der Waals surface area contributed by atoms with Crippen LogP contribution in [0.15, 0.2) is 64.9 Å². The smallest absolute Gasteiger partial charge is 0.182 e. The average molecular weight is 363 g/mol. The van der Waals surface area contributed by atoms with E-state index in [-0.39, 0.29) is 11.7 Å². The predicted octanol–water partition coefficient (Wildman–Crippen LogP) is 5.12. The first-order chi connectivity index (χ1) is 12.6. The molecule has 1 aliphatic carbocycles. The van der Waals surface area contributed by atoms with Gasteiger partial charge in [-0.25, -0.2) is 0 Å². The van der Waals surface area contributed by atoms with E-state index in [1.165, 1.54) is 11.3 Å². The molecule has 0 saturated heterocycles. The van der Waals surface area contributed by atoms with Crippen molar-refractivity contribution in [3.63, 3.8) is 0 Å². The third kappa shape index (κ3) is 1.96. The first kappa shape index (κ1) is 15.9. The van der Waals surface area contributed by atoms with Crippen molar-refractivity contribution in [1.82, 2.24) is 0 Å². The third-order valence-corrected chi connectivity index (χ3v) is 6.64. The molecule has 0 spiro atoms. The molecule has 2 aliphatic heterocycles. The Morgan fingerprint density at radius 1 is 1.23 bits per heavy atom. The molecule has 4 heteroatoms. The molecule has 0 radical (unpaired) electrons. The summed E-state index contributed by atoms with van der Waals surface area (Å²) in [4.78, 5) is 16.2. The fraction of sp³-hybridized carbons (Fsp3) is 0.318. The summed E-state index contributed by atoms with van der Waals surface area (Å²) in [5, 5.41) is 2.02. The number of ketones is 1. The van der Waals surface area contributed by atoms with Crippen molar-refractivity contribution in [2.75, 3.05) is 11.4 Å². The molecule has 3 nitrogen and oxygen atoms in total. The zero-order valence-electron chi connectivity index (χ0n) is 15.0. The van der Waals surface area contributed by atoms with Gasteiger partial charge >= 0.3 is 0 Å². The maximum absolute atomic E-state index is 12.8. The molecule has 0 fully saturated rings. The van der Waals surface area contributed by atoms with Crippen LogP contribution in [0.4, 0.5) is 5.69 Å². The normalized spacial score (nSPS) is 25.9. The quantitative estimate of drug-likeness (QED) is 0.755. The summed E-state index contributed by atoms with van der Waals surface area (Å²) in [6.07, 6.45) is 4.33. The van der Waals surface area contributed by atoms with Gasteiger partial charge in [-0.2, -0.15) is 0 Å². The van der Waals surface area contributed by atoms with E-state index in [1.807, 2.05) is 17.5 Å². The van der Waals surface area contributed by atoms with Crippen LogP contribution in [-0.2, 0) is 15.1 Å². The molecule has 3 aliphatic rings. The number of allylic oxidation sites excluding steroid dienone is 3. The first-order valence-electron chi connectivity index (χ1n) is 9.25. The van der Waals surface area contributed by atoms with Crippen LogP contribution in [0.25, 0.3) is 0 Å². The lowest BCUT2D eigenvalue weighted by molar-refractivity contribution is -0.121. The van der Waals surface area contributed by atoms with Crippen LogP contribution in [0.2, 0.25) is 0 Å². The lowest BCUT2D eigenvalue weighted by Crippen LogP contribution is -2.41. The molecule has 3 heterocycles. The Morgan fingerprint density at radius 2 is 2.08 bits per heavy atom. The van der Waals surface area contributed by atoms with Crippen molar-refractivity contribution >= 4 is 22.8 Å². The number of hydrogen-bond donors (Lipinski definition) is 0. The monoisotopic (exact) mass is 363 g/mol. The number of rotatable bonds is 4. The molecule has 1 aromatic heterocycles. The summed E-state index contributed by atoms with van der Waals surface area (Å²) in [6.45, 7) is 5.29. The fourth-order valence-electron chi connectivity index (χ4n) is 4.32. The lowest BCUT2D eigenvalue weighted by atomic mass is 9.77. The van der Waals surface area contributed by atoms with Crippen LogP contribution in [0, 0.1) is 0 Å². The minimum absolute atomic E-state index is 0.184. The summed E-state index contributed by atoms with van der Waals surface area (Å²) < 4.78 is 6.60. The van der Waals surface area contributed by atoms with Gasteiger partial charge in [-0.05, 0) is 36.9 Å².